The summed E-state index contributed by atoms with van der Waals surface area (Å²) in [4.78, 5) is 4.33. The Bertz CT molecular complexity index is 310. The molecule has 15 heavy (non-hydrogen) atoms. The quantitative estimate of drug-likeness (QED) is 0.766. The van der Waals surface area contributed by atoms with Gasteiger partial charge in [-0.25, -0.2) is 4.98 Å². The number of nitrogens with zero attached hydrogens (tertiary/aromatic N) is 2. The molecule has 0 bridgehead atoms. The van der Waals surface area contributed by atoms with Gasteiger partial charge >= 0.3 is 0 Å². The summed E-state index contributed by atoms with van der Waals surface area (Å²) in [6, 6.07) is 0.647. The van der Waals surface area contributed by atoms with Crippen molar-refractivity contribution in [2.75, 3.05) is 11.9 Å². The molecule has 0 saturated heterocycles. The van der Waals surface area contributed by atoms with Crippen LogP contribution < -0.4 is 5.32 Å². The molecule has 0 amide bonds. The van der Waals surface area contributed by atoms with Gasteiger partial charge in [0.05, 0.1) is 0 Å². The van der Waals surface area contributed by atoms with Crippen LogP contribution in [0.4, 0.5) is 5.95 Å². The normalized spacial score (nSPS) is 17.6. The Hall–Kier alpha value is -1.25. The minimum atomic E-state index is 0.647. The molecule has 1 aliphatic carbocycles. The molecule has 3 nitrogen and oxygen atoms in total. The largest absolute Gasteiger partial charge is 0.352 e. The molecule has 0 atom stereocenters. The Labute approximate surface area is 91.2 Å². The summed E-state index contributed by atoms with van der Waals surface area (Å²) in [6.45, 7) is 4.48. The van der Waals surface area contributed by atoms with Gasteiger partial charge in [0.1, 0.15) is 0 Å². The highest BCUT2D eigenvalue weighted by Gasteiger charge is 2.17. The third-order valence-electron chi connectivity index (χ3n) is 3.04. The number of rotatable bonds is 4. The number of nitrogens with one attached hydrogen (secondary N) is 1. The molecule has 2 rings (SSSR count). The van der Waals surface area contributed by atoms with E-state index in [1.54, 1.807) is 0 Å². The van der Waals surface area contributed by atoms with E-state index in [0.717, 1.165) is 12.5 Å². The van der Waals surface area contributed by atoms with Gasteiger partial charge < -0.3 is 9.88 Å². The van der Waals surface area contributed by atoms with Crippen molar-refractivity contribution in [1.29, 1.82) is 0 Å². The molecule has 82 valence electrons. The van der Waals surface area contributed by atoms with E-state index in [1.165, 1.54) is 32.1 Å². The van der Waals surface area contributed by atoms with Crippen LogP contribution in [-0.2, 0) is 0 Å². The predicted molar refractivity (Wildman–Crippen MR) is 63.0 cm³/mol. The van der Waals surface area contributed by atoms with Gasteiger partial charge in [0.25, 0.3) is 0 Å². The first-order valence-corrected chi connectivity index (χ1v) is 5.79. The zero-order chi connectivity index (χ0) is 10.5. The maximum Gasteiger partial charge on any atom is 0.203 e. The monoisotopic (exact) mass is 205 g/mol. The average Bonchev–Trinajstić information content (AvgIpc) is 2.75. The van der Waals surface area contributed by atoms with Crippen molar-refractivity contribution in [3.8, 4) is 0 Å². The first kappa shape index (κ1) is 10.3. The molecule has 1 saturated carbocycles. The first-order valence-electron chi connectivity index (χ1n) is 5.79. The van der Waals surface area contributed by atoms with Gasteiger partial charge in [0.15, 0.2) is 0 Å². The van der Waals surface area contributed by atoms with E-state index in [1.807, 2.05) is 12.3 Å². The summed E-state index contributed by atoms with van der Waals surface area (Å²) < 4.78 is 2.28. The van der Waals surface area contributed by atoms with Crippen LogP contribution in [0.25, 0.3) is 0 Å². The van der Waals surface area contributed by atoms with Crippen LogP contribution in [0.5, 0.6) is 0 Å². The minimum Gasteiger partial charge on any atom is -0.352 e. The predicted octanol–water partition coefficient (Wildman–Crippen LogP) is 2.99. The highest BCUT2D eigenvalue weighted by molar-refractivity contribution is 5.27. The van der Waals surface area contributed by atoms with E-state index >= 15 is 0 Å². The maximum atomic E-state index is 4.33. The average molecular weight is 205 g/mol. The molecule has 1 heterocycles. The van der Waals surface area contributed by atoms with Gasteiger partial charge in [-0.1, -0.05) is 25.3 Å². The lowest BCUT2D eigenvalue weighted by molar-refractivity contribution is 0.356. The van der Waals surface area contributed by atoms with Gasteiger partial charge in [-0.15, -0.1) is 6.58 Å². The van der Waals surface area contributed by atoms with E-state index in [-0.39, 0.29) is 0 Å². The SMILES string of the molecule is C=CCNc1nccn1C1CCCCC1. The lowest BCUT2D eigenvalue weighted by atomic mass is 9.95. The number of anilines is 1. The fourth-order valence-corrected chi connectivity index (χ4v) is 2.27. The van der Waals surface area contributed by atoms with Gasteiger partial charge in [0.2, 0.25) is 5.95 Å². The van der Waals surface area contributed by atoms with Crippen LogP contribution in [0, 0.1) is 0 Å². The van der Waals surface area contributed by atoms with Gasteiger partial charge in [-0.3, -0.25) is 0 Å². The van der Waals surface area contributed by atoms with Crippen molar-refractivity contribution in [3.63, 3.8) is 0 Å². The first-order chi connectivity index (χ1) is 7.42. The molecule has 0 aromatic carbocycles. The second kappa shape index (κ2) is 5.01. The number of hydrogen-bond acceptors (Lipinski definition) is 2. The summed E-state index contributed by atoms with van der Waals surface area (Å²) in [5.41, 5.74) is 0. The molecule has 1 fully saturated rings. The maximum absolute atomic E-state index is 4.33. The molecule has 0 aliphatic heterocycles. The van der Waals surface area contributed by atoms with E-state index in [2.05, 4.69) is 27.6 Å². The molecule has 0 unspecified atom stereocenters. The molecule has 1 N–H and O–H groups in total. The summed E-state index contributed by atoms with van der Waals surface area (Å²) in [6.07, 6.45) is 12.5. The summed E-state index contributed by atoms with van der Waals surface area (Å²) in [5, 5.41) is 3.27. The molecule has 0 radical (unpaired) electrons. The van der Waals surface area contributed by atoms with Gasteiger partial charge in [0, 0.05) is 25.0 Å². The summed E-state index contributed by atoms with van der Waals surface area (Å²) in [5.74, 6) is 0.988. The second-order valence-corrected chi connectivity index (χ2v) is 4.12. The molecule has 1 aliphatic rings. The molecule has 1 aromatic heterocycles. The minimum absolute atomic E-state index is 0.647. The number of aromatic nitrogens is 2. The second-order valence-electron chi connectivity index (χ2n) is 4.12. The summed E-state index contributed by atoms with van der Waals surface area (Å²) >= 11 is 0. The highest BCUT2D eigenvalue weighted by Crippen LogP contribution is 2.29. The van der Waals surface area contributed by atoms with E-state index in [9.17, 15) is 0 Å². The van der Waals surface area contributed by atoms with Crippen LogP contribution in [-0.4, -0.2) is 16.1 Å². The molecular weight excluding hydrogens is 186 g/mol. The van der Waals surface area contributed by atoms with Crippen molar-refractivity contribution in [2.24, 2.45) is 0 Å². The fourth-order valence-electron chi connectivity index (χ4n) is 2.27. The zero-order valence-corrected chi connectivity index (χ0v) is 9.15. The van der Waals surface area contributed by atoms with E-state index in [4.69, 9.17) is 0 Å². The smallest absolute Gasteiger partial charge is 0.203 e. The lowest BCUT2D eigenvalue weighted by Crippen LogP contribution is -2.15. The molecular formula is C12H19N3. The van der Waals surface area contributed by atoms with Crippen molar-refractivity contribution >= 4 is 5.95 Å². The van der Waals surface area contributed by atoms with Gasteiger partial charge in [-0.05, 0) is 12.8 Å². The van der Waals surface area contributed by atoms with Crippen LogP contribution in [0.3, 0.4) is 0 Å². The van der Waals surface area contributed by atoms with Crippen molar-refractivity contribution in [3.05, 3.63) is 25.0 Å². The molecule has 1 aromatic rings. The summed E-state index contributed by atoms with van der Waals surface area (Å²) in [7, 11) is 0. The standard InChI is InChI=1S/C12H19N3/c1-2-8-13-12-14-9-10-15(12)11-6-4-3-5-7-11/h2,9-11H,1,3-8H2,(H,13,14). The van der Waals surface area contributed by atoms with Crippen molar-refractivity contribution in [1.82, 2.24) is 9.55 Å². The zero-order valence-electron chi connectivity index (χ0n) is 9.15. The van der Waals surface area contributed by atoms with E-state index < -0.39 is 0 Å². The van der Waals surface area contributed by atoms with Crippen molar-refractivity contribution < 1.29 is 0 Å². The van der Waals surface area contributed by atoms with Crippen molar-refractivity contribution in [2.45, 2.75) is 38.1 Å². The highest BCUT2D eigenvalue weighted by atomic mass is 15.2. The fraction of sp³-hybridized carbons (Fsp3) is 0.583. The van der Waals surface area contributed by atoms with Crippen LogP contribution in [0.1, 0.15) is 38.1 Å². The Morgan fingerprint density at radius 1 is 1.47 bits per heavy atom. The van der Waals surface area contributed by atoms with Gasteiger partial charge in [-0.2, -0.15) is 0 Å². The number of imidazole rings is 1. The van der Waals surface area contributed by atoms with E-state index in [0.29, 0.717) is 6.04 Å². The Kier molecular flexibility index (Phi) is 3.43. The topological polar surface area (TPSA) is 29.9 Å². The lowest BCUT2D eigenvalue weighted by Gasteiger charge is -2.24. The third-order valence-corrected chi connectivity index (χ3v) is 3.04. The Morgan fingerprint density at radius 3 is 3.00 bits per heavy atom. The Balaban J connectivity index is 2.05. The molecule has 3 heteroatoms. The van der Waals surface area contributed by atoms with Crippen LogP contribution >= 0.6 is 0 Å². The number of hydrogen-bond donors (Lipinski definition) is 1. The molecule has 0 spiro atoms. The van der Waals surface area contributed by atoms with Crippen LogP contribution in [0.2, 0.25) is 0 Å². The third kappa shape index (κ3) is 2.41. The van der Waals surface area contributed by atoms with Crippen LogP contribution in [0.15, 0.2) is 25.0 Å². The Morgan fingerprint density at radius 2 is 2.27 bits per heavy atom.